The Morgan fingerprint density at radius 1 is 1.36 bits per heavy atom. The Kier molecular flexibility index (Phi) is 9.81. The van der Waals surface area contributed by atoms with E-state index in [1.165, 1.54) is 0 Å². The van der Waals surface area contributed by atoms with E-state index in [0.29, 0.717) is 25.2 Å². The fourth-order valence-corrected chi connectivity index (χ4v) is 2.68. The summed E-state index contributed by atoms with van der Waals surface area (Å²) in [5.74, 6) is 0.770. The third kappa shape index (κ3) is 6.81. The summed E-state index contributed by atoms with van der Waals surface area (Å²) in [6.07, 6.45) is 1.42. The molecule has 3 N–H and O–H groups in total. The smallest absolute Gasteiger partial charge is 0.251 e. The molecule has 1 aromatic rings. The van der Waals surface area contributed by atoms with Crippen LogP contribution in [0.3, 0.4) is 0 Å². The minimum Gasteiger partial charge on any atom is -0.391 e. The van der Waals surface area contributed by atoms with E-state index in [-0.39, 0.29) is 36.0 Å². The first kappa shape index (κ1) is 21.7. The van der Waals surface area contributed by atoms with E-state index in [2.05, 4.69) is 20.5 Å². The lowest BCUT2D eigenvalue weighted by Gasteiger charge is -2.21. The molecule has 0 aliphatic carbocycles. The molecule has 7 heteroatoms. The summed E-state index contributed by atoms with van der Waals surface area (Å²) in [7, 11) is 0. The average molecular weight is 460 g/mol. The van der Waals surface area contributed by atoms with Crippen LogP contribution < -0.4 is 10.6 Å². The highest BCUT2D eigenvalue weighted by Gasteiger charge is 2.22. The van der Waals surface area contributed by atoms with Gasteiger partial charge in [-0.05, 0) is 37.5 Å². The Labute approximate surface area is 167 Å². The van der Waals surface area contributed by atoms with E-state index in [9.17, 15) is 9.90 Å². The van der Waals surface area contributed by atoms with E-state index in [0.717, 1.165) is 37.5 Å². The Balaban J connectivity index is 0.00000312. The number of hydrogen-bond donors (Lipinski definition) is 3. The van der Waals surface area contributed by atoms with Gasteiger partial charge >= 0.3 is 0 Å². The summed E-state index contributed by atoms with van der Waals surface area (Å²) in [6.45, 7) is 7.46. The lowest BCUT2D eigenvalue weighted by Crippen LogP contribution is -2.40. The number of nitrogens with zero attached hydrogens (tertiary/aromatic N) is 2. The Bertz CT molecular complexity index is 580. The van der Waals surface area contributed by atoms with Crippen LogP contribution in [0.15, 0.2) is 29.3 Å². The number of hydrogen-bond acceptors (Lipinski definition) is 3. The molecule has 0 radical (unpaired) electrons. The molecule has 140 valence electrons. The second-order valence-electron chi connectivity index (χ2n) is 6.01. The molecule has 2 rings (SSSR count). The molecule has 6 nitrogen and oxygen atoms in total. The summed E-state index contributed by atoms with van der Waals surface area (Å²) in [4.78, 5) is 18.8. The molecule has 0 spiro atoms. The van der Waals surface area contributed by atoms with Crippen molar-refractivity contribution >= 4 is 35.8 Å². The van der Waals surface area contributed by atoms with Crippen molar-refractivity contribution in [2.24, 2.45) is 4.99 Å². The van der Waals surface area contributed by atoms with Crippen LogP contribution in [0.2, 0.25) is 0 Å². The number of aliphatic hydroxyl groups is 1. The van der Waals surface area contributed by atoms with Crippen LogP contribution in [0.4, 0.5) is 0 Å². The van der Waals surface area contributed by atoms with Gasteiger partial charge in [0.1, 0.15) is 0 Å². The molecule has 1 heterocycles. The standard InChI is InChI=1S/C18H28N4O2.HI/c1-3-9-20-17(24)15-7-5-6-14(11-15)12-21-18(19-4-2)22-10-8-16(23)13-22;/h5-7,11,16,23H,3-4,8-10,12-13H2,1-2H3,(H,19,21)(H,20,24);1H/t16-;/m1./s1. The molecule has 0 saturated carbocycles. The average Bonchev–Trinajstić information content (AvgIpc) is 3.03. The van der Waals surface area contributed by atoms with Gasteiger partial charge in [-0.15, -0.1) is 24.0 Å². The zero-order valence-electron chi connectivity index (χ0n) is 15.0. The zero-order chi connectivity index (χ0) is 17.4. The van der Waals surface area contributed by atoms with Crippen molar-refractivity contribution < 1.29 is 9.90 Å². The normalized spacial score (nSPS) is 17.2. The Morgan fingerprint density at radius 3 is 2.80 bits per heavy atom. The number of nitrogens with one attached hydrogen (secondary N) is 2. The zero-order valence-corrected chi connectivity index (χ0v) is 17.3. The first-order valence-electron chi connectivity index (χ1n) is 8.72. The van der Waals surface area contributed by atoms with Gasteiger partial charge in [-0.25, -0.2) is 4.99 Å². The van der Waals surface area contributed by atoms with Gasteiger partial charge in [0.15, 0.2) is 5.96 Å². The van der Waals surface area contributed by atoms with Crippen LogP contribution in [-0.4, -0.2) is 54.2 Å². The van der Waals surface area contributed by atoms with Crippen molar-refractivity contribution in [2.45, 2.75) is 39.3 Å². The lowest BCUT2D eigenvalue weighted by molar-refractivity contribution is 0.0953. The summed E-state index contributed by atoms with van der Waals surface area (Å²) < 4.78 is 0. The van der Waals surface area contributed by atoms with E-state index in [4.69, 9.17) is 0 Å². The summed E-state index contributed by atoms with van der Waals surface area (Å²) in [5.41, 5.74) is 1.66. The van der Waals surface area contributed by atoms with E-state index in [1.807, 2.05) is 38.1 Å². The number of carbonyl (C=O) groups excluding carboxylic acids is 1. The van der Waals surface area contributed by atoms with Gasteiger partial charge in [0, 0.05) is 31.7 Å². The van der Waals surface area contributed by atoms with Crippen molar-refractivity contribution in [3.05, 3.63) is 35.4 Å². The fraction of sp³-hybridized carbons (Fsp3) is 0.556. The molecular formula is C18H29IN4O2. The van der Waals surface area contributed by atoms with Gasteiger partial charge in [0.25, 0.3) is 5.91 Å². The molecule has 1 saturated heterocycles. The summed E-state index contributed by atoms with van der Waals surface area (Å²) in [6, 6.07) is 7.57. The molecule has 1 atom stereocenters. The summed E-state index contributed by atoms with van der Waals surface area (Å²) in [5, 5.41) is 15.9. The number of likely N-dealkylation sites (tertiary alicyclic amines) is 1. The highest BCUT2D eigenvalue weighted by Crippen LogP contribution is 2.11. The fourth-order valence-electron chi connectivity index (χ4n) is 2.68. The molecule has 1 aliphatic heterocycles. The molecule has 0 aromatic heterocycles. The maximum Gasteiger partial charge on any atom is 0.251 e. The predicted molar refractivity (Wildman–Crippen MR) is 111 cm³/mol. The molecule has 0 bridgehead atoms. The number of amides is 1. The van der Waals surface area contributed by atoms with Crippen molar-refractivity contribution in [2.75, 3.05) is 26.2 Å². The van der Waals surface area contributed by atoms with Crippen molar-refractivity contribution in [1.82, 2.24) is 15.5 Å². The van der Waals surface area contributed by atoms with Crippen LogP contribution in [-0.2, 0) is 6.54 Å². The number of halogens is 1. The second kappa shape index (κ2) is 11.3. The van der Waals surface area contributed by atoms with Crippen LogP contribution in [0.5, 0.6) is 0 Å². The van der Waals surface area contributed by atoms with Gasteiger partial charge < -0.3 is 20.6 Å². The van der Waals surface area contributed by atoms with Gasteiger partial charge in [-0.2, -0.15) is 0 Å². The number of β-amino-alcohol motifs (C(OH)–C–C–N with tert-alkyl or cyclic N) is 1. The van der Waals surface area contributed by atoms with Crippen molar-refractivity contribution in [3.8, 4) is 0 Å². The van der Waals surface area contributed by atoms with Gasteiger partial charge in [-0.3, -0.25) is 4.79 Å². The maximum absolute atomic E-state index is 12.0. The van der Waals surface area contributed by atoms with Crippen LogP contribution in [0.1, 0.15) is 42.6 Å². The Morgan fingerprint density at radius 2 is 2.16 bits per heavy atom. The summed E-state index contributed by atoms with van der Waals surface area (Å²) >= 11 is 0. The monoisotopic (exact) mass is 460 g/mol. The molecule has 1 amide bonds. The minimum atomic E-state index is -0.278. The first-order chi connectivity index (χ1) is 11.6. The number of guanidine groups is 1. The molecule has 1 aliphatic rings. The number of carbonyl (C=O) groups is 1. The van der Waals surface area contributed by atoms with Crippen molar-refractivity contribution in [1.29, 1.82) is 0 Å². The van der Waals surface area contributed by atoms with Crippen molar-refractivity contribution in [3.63, 3.8) is 0 Å². The molecule has 0 unspecified atom stereocenters. The second-order valence-corrected chi connectivity index (χ2v) is 6.01. The number of rotatable bonds is 6. The first-order valence-corrected chi connectivity index (χ1v) is 8.72. The molecule has 1 fully saturated rings. The van der Waals surface area contributed by atoms with Gasteiger partial charge in [0.2, 0.25) is 0 Å². The third-order valence-electron chi connectivity index (χ3n) is 3.93. The van der Waals surface area contributed by atoms with Crippen LogP contribution >= 0.6 is 24.0 Å². The molecule has 25 heavy (non-hydrogen) atoms. The maximum atomic E-state index is 12.0. The largest absolute Gasteiger partial charge is 0.391 e. The minimum absolute atomic E-state index is 0. The number of aliphatic imine (C=N–C) groups is 1. The quantitative estimate of drug-likeness (QED) is 0.345. The van der Waals surface area contributed by atoms with Crippen LogP contribution in [0, 0.1) is 0 Å². The lowest BCUT2D eigenvalue weighted by atomic mass is 10.1. The van der Waals surface area contributed by atoms with Crippen LogP contribution in [0.25, 0.3) is 0 Å². The third-order valence-corrected chi connectivity index (χ3v) is 3.93. The number of aliphatic hydroxyl groups excluding tert-OH is 1. The highest BCUT2D eigenvalue weighted by molar-refractivity contribution is 14.0. The molecular weight excluding hydrogens is 431 g/mol. The molecule has 1 aromatic carbocycles. The Hall–Kier alpha value is -1.35. The SMILES string of the molecule is CCCNC(=O)c1cccc(CN=C(NCC)N2CC[C@@H](O)C2)c1.I. The van der Waals surface area contributed by atoms with E-state index in [1.54, 1.807) is 0 Å². The topological polar surface area (TPSA) is 77.0 Å². The van der Waals surface area contributed by atoms with Gasteiger partial charge in [0.05, 0.1) is 12.6 Å². The number of benzene rings is 1. The highest BCUT2D eigenvalue weighted by atomic mass is 127. The predicted octanol–water partition coefficient (Wildman–Crippen LogP) is 1.98. The van der Waals surface area contributed by atoms with E-state index >= 15 is 0 Å². The van der Waals surface area contributed by atoms with E-state index < -0.39 is 0 Å². The van der Waals surface area contributed by atoms with Gasteiger partial charge in [-0.1, -0.05) is 19.1 Å².